The molecule has 1 saturated carbocycles. The zero-order valence-corrected chi connectivity index (χ0v) is 8.73. The van der Waals surface area contributed by atoms with Crippen LogP contribution in [0.5, 0.6) is 0 Å². The Bertz CT molecular complexity index is 321. The van der Waals surface area contributed by atoms with Crippen molar-refractivity contribution in [3.8, 4) is 0 Å². The zero-order valence-electron chi connectivity index (χ0n) is 7.91. The van der Waals surface area contributed by atoms with Crippen molar-refractivity contribution in [3.63, 3.8) is 0 Å². The molecule has 1 fully saturated rings. The van der Waals surface area contributed by atoms with Crippen LogP contribution in [-0.2, 0) is 15.0 Å². The molecule has 0 radical (unpaired) electrons. The van der Waals surface area contributed by atoms with Gasteiger partial charge in [0.25, 0.3) is 10.2 Å². The molecule has 0 amide bonds. The van der Waals surface area contributed by atoms with Gasteiger partial charge in [0.05, 0.1) is 5.41 Å². The Labute approximate surface area is 82.9 Å². The van der Waals surface area contributed by atoms with Crippen molar-refractivity contribution >= 4 is 16.2 Å². The van der Waals surface area contributed by atoms with E-state index in [1.165, 1.54) is 0 Å². The summed E-state index contributed by atoms with van der Waals surface area (Å²) in [6.45, 7) is 1.91. The fraction of sp³-hybridized carbons (Fsp3) is 0.857. The van der Waals surface area contributed by atoms with Gasteiger partial charge >= 0.3 is 5.97 Å². The highest BCUT2D eigenvalue weighted by molar-refractivity contribution is 7.87. The van der Waals surface area contributed by atoms with E-state index in [4.69, 9.17) is 5.11 Å². The number of rotatable bonds is 6. The lowest BCUT2D eigenvalue weighted by atomic mass is 10.1. The zero-order chi connectivity index (χ0) is 10.8. The van der Waals surface area contributed by atoms with Crippen molar-refractivity contribution in [1.82, 2.24) is 9.44 Å². The van der Waals surface area contributed by atoms with Gasteiger partial charge in [-0.05, 0) is 12.8 Å². The van der Waals surface area contributed by atoms with E-state index in [9.17, 15) is 13.2 Å². The summed E-state index contributed by atoms with van der Waals surface area (Å²) in [5, 5.41) is 8.78. The van der Waals surface area contributed by atoms with Gasteiger partial charge in [-0.2, -0.15) is 8.42 Å². The number of aliphatic carboxylic acids is 1. The van der Waals surface area contributed by atoms with Gasteiger partial charge in [-0.25, -0.2) is 9.44 Å². The molecule has 0 aromatic carbocycles. The third-order valence-electron chi connectivity index (χ3n) is 2.24. The molecule has 0 saturated heterocycles. The summed E-state index contributed by atoms with van der Waals surface area (Å²) in [5.74, 6) is -0.934. The first-order valence-electron chi connectivity index (χ1n) is 4.39. The summed E-state index contributed by atoms with van der Waals surface area (Å²) < 4.78 is 26.7. The normalized spacial score (nSPS) is 19.2. The average Bonchev–Trinajstić information content (AvgIpc) is 2.81. The van der Waals surface area contributed by atoms with Crippen LogP contribution in [0.4, 0.5) is 0 Å². The lowest BCUT2D eigenvalue weighted by molar-refractivity contribution is -0.143. The number of nitrogens with one attached hydrogen (secondary N) is 2. The second-order valence-corrected chi connectivity index (χ2v) is 4.99. The van der Waals surface area contributed by atoms with Gasteiger partial charge in [-0.1, -0.05) is 6.92 Å². The maximum Gasteiger partial charge on any atom is 0.310 e. The van der Waals surface area contributed by atoms with Gasteiger partial charge < -0.3 is 5.11 Å². The van der Waals surface area contributed by atoms with Crippen LogP contribution >= 0.6 is 0 Å². The van der Waals surface area contributed by atoms with E-state index >= 15 is 0 Å². The van der Waals surface area contributed by atoms with Gasteiger partial charge in [0.15, 0.2) is 0 Å². The number of carboxylic acid groups (broad SMARTS) is 1. The van der Waals surface area contributed by atoms with Crippen molar-refractivity contribution in [2.75, 3.05) is 13.1 Å². The molecule has 0 spiro atoms. The predicted molar refractivity (Wildman–Crippen MR) is 49.9 cm³/mol. The van der Waals surface area contributed by atoms with Crippen LogP contribution in [0.2, 0.25) is 0 Å². The van der Waals surface area contributed by atoms with Crippen LogP contribution in [0.25, 0.3) is 0 Å². The van der Waals surface area contributed by atoms with E-state index in [1.807, 2.05) is 0 Å². The molecule has 0 bridgehead atoms. The monoisotopic (exact) mass is 222 g/mol. The van der Waals surface area contributed by atoms with Crippen LogP contribution in [0, 0.1) is 5.41 Å². The van der Waals surface area contributed by atoms with E-state index in [0.717, 1.165) is 0 Å². The molecule has 6 nitrogen and oxygen atoms in total. The Kier molecular flexibility index (Phi) is 3.13. The largest absolute Gasteiger partial charge is 0.481 e. The third-order valence-corrected chi connectivity index (χ3v) is 3.44. The van der Waals surface area contributed by atoms with E-state index in [1.54, 1.807) is 6.92 Å². The number of hydrogen-bond donors (Lipinski definition) is 3. The van der Waals surface area contributed by atoms with Crippen LogP contribution in [-0.4, -0.2) is 32.6 Å². The highest BCUT2D eigenvalue weighted by Crippen LogP contribution is 2.45. The molecule has 1 rings (SSSR count). The Hall–Kier alpha value is -0.660. The van der Waals surface area contributed by atoms with Crippen LogP contribution in [0.15, 0.2) is 0 Å². The lowest BCUT2D eigenvalue weighted by Gasteiger charge is -2.11. The first-order chi connectivity index (χ1) is 6.42. The number of carbonyl (C=O) groups is 1. The fourth-order valence-corrected chi connectivity index (χ4v) is 2.04. The van der Waals surface area contributed by atoms with Gasteiger partial charge in [0.2, 0.25) is 0 Å². The van der Waals surface area contributed by atoms with Crippen molar-refractivity contribution < 1.29 is 18.3 Å². The molecule has 0 unspecified atom stereocenters. The average molecular weight is 222 g/mol. The van der Waals surface area contributed by atoms with Crippen molar-refractivity contribution in [3.05, 3.63) is 0 Å². The lowest BCUT2D eigenvalue weighted by Crippen LogP contribution is -2.41. The first-order valence-corrected chi connectivity index (χ1v) is 5.88. The van der Waals surface area contributed by atoms with Gasteiger partial charge in [0, 0.05) is 13.1 Å². The molecule has 0 aromatic heterocycles. The fourth-order valence-electron chi connectivity index (χ4n) is 1.09. The van der Waals surface area contributed by atoms with Crippen LogP contribution in [0.1, 0.15) is 19.8 Å². The molecule has 0 aromatic rings. The number of carboxylic acids is 1. The van der Waals surface area contributed by atoms with Crippen molar-refractivity contribution in [2.24, 2.45) is 5.41 Å². The quantitative estimate of drug-likeness (QED) is 0.553. The Balaban J connectivity index is 2.45. The Morgan fingerprint density at radius 1 is 1.43 bits per heavy atom. The van der Waals surface area contributed by atoms with E-state index in [-0.39, 0.29) is 13.1 Å². The van der Waals surface area contributed by atoms with Crippen molar-refractivity contribution in [1.29, 1.82) is 0 Å². The molecule has 82 valence electrons. The second-order valence-electron chi connectivity index (χ2n) is 3.41. The molecular weight excluding hydrogens is 208 g/mol. The summed E-state index contributed by atoms with van der Waals surface area (Å²) in [6, 6.07) is 0. The molecule has 1 aliphatic rings. The van der Waals surface area contributed by atoms with Crippen molar-refractivity contribution in [2.45, 2.75) is 19.8 Å². The summed E-state index contributed by atoms with van der Waals surface area (Å²) in [7, 11) is -3.52. The summed E-state index contributed by atoms with van der Waals surface area (Å²) >= 11 is 0. The van der Waals surface area contributed by atoms with Gasteiger partial charge in [-0.15, -0.1) is 0 Å². The predicted octanol–water partition coefficient (Wildman–Crippen LogP) is -0.705. The summed E-state index contributed by atoms with van der Waals surface area (Å²) in [4.78, 5) is 10.7. The molecule has 14 heavy (non-hydrogen) atoms. The van der Waals surface area contributed by atoms with Crippen LogP contribution in [0.3, 0.4) is 0 Å². The topological polar surface area (TPSA) is 95.5 Å². The standard InChI is InChI=1S/C7H14N2O4S/c1-2-8-14(12,13)9-5-7(3-4-7)6(10)11/h8-9H,2-5H2,1H3,(H,10,11). The van der Waals surface area contributed by atoms with E-state index in [0.29, 0.717) is 12.8 Å². The Morgan fingerprint density at radius 3 is 2.36 bits per heavy atom. The minimum Gasteiger partial charge on any atom is -0.481 e. The molecule has 7 heteroatoms. The van der Waals surface area contributed by atoms with Gasteiger partial charge in [0.1, 0.15) is 0 Å². The summed E-state index contributed by atoms with van der Waals surface area (Å²) in [5.41, 5.74) is -0.859. The molecule has 1 aliphatic carbocycles. The highest BCUT2D eigenvalue weighted by atomic mass is 32.2. The second kappa shape index (κ2) is 3.84. The molecule has 0 aliphatic heterocycles. The maximum atomic E-state index is 11.1. The third kappa shape index (κ3) is 2.66. The molecular formula is C7H14N2O4S. The van der Waals surface area contributed by atoms with E-state index in [2.05, 4.69) is 9.44 Å². The SMILES string of the molecule is CCNS(=O)(=O)NCC1(C(=O)O)CC1. The first kappa shape index (κ1) is 11.4. The molecule has 0 atom stereocenters. The maximum absolute atomic E-state index is 11.1. The van der Waals surface area contributed by atoms with Gasteiger partial charge in [-0.3, -0.25) is 4.79 Å². The van der Waals surface area contributed by atoms with E-state index < -0.39 is 21.6 Å². The molecule has 0 heterocycles. The highest BCUT2D eigenvalue weighted by Gasteiger charge is 2.50. The van der Waals surface area contributed by atoms with Crippen LogP contribution < -0.4 is 9.44 Å². The smallest absolute Gasteiger partial charge is 0.310 e. The Morgan fingerprint density at radius 2 is 2.00 bits per heavy atom. The molecule has 3 N–H and O–H groups in total. The number of hydrogen-bond acceptors (Lipinski definition) is 3. The minimum atomic E-state index is -3.52. The summed E-state index contributed by atoms with van der Waals surface area (Å²) in [6.07, 6.45) is 1.08. The minimum absolute atomic E-state index is 0.0301.